The van der Waals surface area contributed by atoms with E-state index in [2.05, 4.69) is 26.1 Å². The minimum atomic E-state index is 0. The predicted molar refractivity (Wildman–Crippen MR) is 60.9 cm³/mol. The van der Waals surface area contributed by atoms with Crippen molar-refractivity contribution in [2.24, 2.45) is 11.8 Å². The second kappa shape index (κ2) is 10.6. The van der Waals surface area contributed by atoms with Crippen molar-refractivity contribution in [1.82, 2.24) is 0 Å². The molecule has 0 aromatic carbocycles. The Bertz CT molecular complexity index is 107. The molecule has 0 amide bonds. The second-order valence-electron chi connectivity index (χ2n) is 4.37. The van der Waals surface area contributed by atoms with E-state index in [0.29, 0.717) is 6.04 Å². The molecular weight excluding hydrogens is 247 g/mol. The van der Waals surface area contributed by atoms with Crippen LogP contribution in [0.15, 0.2) is 0 Å². The Labute approximate surface area is 116 Å². The fraction of sp³-hybridized carbons (Fsp3) is 0.917. The van der Waals surface area contributed by atoms with Crippen LogP contribution in [0, 0.1) is 18.3 Å². The van der Waals surface area contributed by atoms with Crippen LogP contribution in [0.4, 0.5) is 0 Å². The van der Waals surface area contributed by atoms with E-state index in [-0.39, 0.29) is 32.7 Å². The van der Waals surface area contributed by atoms with Crippen LogP contribution in [0.25, 0.3) is 5.32 Å². The van der Waals surface area contributed by atoms with Gasteiger partial charge in [-0.05, 0) is 5.92 Å². The molecule has 0 unspecified atom stereocenters. The van der Waals surface area contributed by atoms with Gasteiger partial charge in [-0.25, -0.2) is 0 Å². The largest absolute Gasteiger partial charge is 0.660 e. The maximum atomic E-state index is 4.53. The predicted octanol–water partition coefficient (Wildman–Crippen LogP) is 4.04. The van der Waals surface area contributed by atoms with E-state index in [1.807, 2.05) is 20.3 Å². The van der Waals surface area contributed by atoms with Crippen LogP contribution in [0.3, 0.4) is 0 Å². The van der Waals surface area contributed by atoms with Crippen molar-refractivity contribution in [2.75, 3.05) is 6.54 Å². The Balaban J connectivity index is 0. The van der Waals surface area contributed by atoms with Gasteiger partial charge < -0.3 is 11.7 Å². The standard InChI is InChI=1S/C9H18N.C3H7.Y/c1-7(2)9-5-4-8(3)10-6-9;1-3-2;/h7-9H,4-6H2,1-3H3;3H,1-2H3;/q2*-1;/t8-,9-;;/m0../s1. The Morgan fingerprint density at radius 2 is 1.71 bits per heavy atom. The zero-order valence-corrected chi connectivity index (χ0v) is 13.3. The van der Waals surface area contributed by atoms with Gasteiger partial charge >= 0.3 is 0 Å². The fourth-order valence-corrected chi connectivity index (χ4v) is 1.50. The van der Waals surface area contributed by atoms with Gasteiger partial charge in [0.15, 0.2) is 0 Å². The summed E-state index contributed by atoms with van der Waals surface area (Å²) in [5.74, 6) is 1.70. The van der Waals surface area contributed by atoms with Crippen molar-refractivity contribution in [1.29, 1.82) is 0 Å². The van der Waals surface area contributed by atoms with E-state index < -0.39 is 0 Å². The molecule has 0 spiro atoms. The zero-order chi connectivity index (χ0) is 10.3. The average molecular weight is 272 g/mol. The molecule has 1 nitrogen and oxygen atoms in total. The van der Waals surface area contributed by atoms with E-state index in [0.717, 1.165) is 18.4 Å². The smallest absolute Gasteiger partial charge is 0 e. The van der Waals surface area contributed by atoms with Gasteiger partial charge in [0.1, 0.15) is 0 Å². The van der Waals surface area contributed by atoms with Crippen LogP contribution < -0.4 is 0 Å². The van der Waals surface area contributed by atoms with Gasteiger partial charge in [0.25, 0.3) is 0 Å². The third kappa shape index (κ3) is 8.38. The molecule has 0 aliphatic carbocycles. The molecule has 0 N–H and O–H groups in total. The van der Waals surface area contributed by atoms with Gasteiger partial charge in [-0.3, -0.25) is 0 Å². The van der Waals surface area contributed by atoms with Crippen LogP contribution >= 0.6 is 0 Å². The zero-order valence-electron chi connectivity index (χ0n) is 10.5. The first-order valence-electron chi connectivity index (χ1n) is 5.52. The number of piperidine rings is 1. The van der Waals surface area contributed by atoms with Gasteiger partial charge in [0.2, 0.25) is 0 Å². The monoisotopic (exact) mass is 272 g/mol. The quantitative estimate of drug-likeness (QED) is 0.639. The molecule has 0 aromatic heterocycles. The van der Waals surface area contributed by atoms with E-state index >= 15 is 0 Å². The van der Waals surface area contributed by atoms with Crippen molar-refractivity contribution >= 4 is 0 Å². The van der Waals surface area contributed by atoms with Gasteiger partial charge in [0.05, 0.1) is 0 Å². The summed E-state index contributed by atoms with van der Waals surface area (Å²) in [6.07, 6.45) is 4.70. The van der Waals surface area contributed by atoms with Crippen molar-refractivity contribution in [3.8, 4) is 0 Å². The molecule has 1 radical (unpaired) electrons. The van der Waals surface area contributed by atoms with Gasteiger partial charge in [-0.1, -0.05) is 39.5 Å². The second-order valence-corrected chi connectivity index (χ2v) is 4.37. The summed E-state index contributed by atoms with van der Waals surface area (Å²) in [5.41, 5.74) is 0. The number of hydrogen-bond donors (Lipinski definition) is 0. The first-order valence-corrected chi connectivity index (χ1v) is 5.52. The fourth-order valence-electron chi connectivity index (χ4n) is 1.50. The maximum absolute atomic E-state index is 4.53. The topological polar surface area (TPSA) is 14.1 Å². The molecule has 0 saturated carbocycles. The van der Waals surface area contributed by atoms with Crippen LogP contribution in [0.2, 0.25) is 0 Å². The third-order valence-electron chi connectivity index (χ3n) is 2.55. The van der Waals surface area contributed by atoms with Crippen molar-refractivity contribution in [3.63, 3.8) is 0 Å². The molecule has 1 saturated heterocycles. The summed E-state index contributed by atoms with van der Waals surface area (Å²) in [6, 6.07) is 0.634. The molecule has 2 atom stereocenters. The Hall–Kier alpha value is 1.06. The summed E-state index contributed by atoms with van der Waals surface area (Å²) >= 11 is 0. The minimum absolute atomic E-state index is 0. The van der Waals surface area contributed by atoms with E-state index in [4.69, 9.17) is 0 Å². The van der Waals surface area contributed by atoms with Gasteiger partial charge in [0, 0.05) is 32.7 Å². The Kier molecular flexibility index (Phi) is 13.2. The first kappa shape index (κ1) is 17.5. The summed E-state index contributed by atoms with van der Waals surface area (Å²) in [4.78, 5) is 0. The first-order chi connectivity index (χ1) is 6.11. The van der Waals surface area contributed by atoms with Crippen molar-refractivity contribution < 1.29 is 32.7 Å². The molecule has 0 bridgehead atoms. The van der Waals surface area contributed by atoms with E-state index in [9.17, 15) is 0 Å². The summed E-state index contributed by atoms with van der Waals surface area (Å²) in [6.45, 7) is 11.9. The molecule has 14 heavy (non-hydrogen) atoms. The van der Waals surface area contributed by atoms with Crippen LogP contribution in [-0.4, -0.2) is 12.6 Å². The minimum Gasteiger partial charge on any atom is -0.660 e. The molecule has 1 fully saturated rings. The Morgan fingerprint density at radius 3 is 2.00 bits per heavy atom. The van der Waals surface area contributed by atoms with Crippen molar-refractivity contribution in [2.45, 2.75) is 53.5 Å². The molecular formula is C12H25NY-2. The van der Waals surface area contributed by atoms with Crippen LogP contribution in [-0.2, 0) is 32.7 Å². The van der Waals surface area contributed by atoms with E-state index in [1.165, 1.54) is 12.8 Å². The van der Waals surface area contributed by atoms with Crippen LogP contribution in [0.1, 0.15) is 47.5 Å². The Morgan fingerprint density at radius 1 is 1.21 bits per heavy atom. The number of hydrogen-bond acceptors (Lipinski definition) is 0. The normalized spacial score (nSPS) is 26.1. The molecule has 1 heterocycles. The SMILES string of the molecule is CC(C)[C@H]1CC[C@H](C)[N-]C1.C[CH-]C.[Y]. The molecule has 1 rings (SSSR count). The van der Waals surface area contributed by atoms with Crippen LogP contribution in [0.5, 0.6) is 0 Å². The number of rotatable bonds is 1. The summed E-state index contributed by atoms with van der Waals surface area (Å²) in [5, 5.41) is 4.53. The summed E-state index contributed by atoms with van der Waals surface area (Å²) < 4.78 is 0. The molecule has 0 aromatic rings. The van der Waals surface area contributed by atoms with Crippen molar-refractivity contribution in [3.05, 3.63) is 11.7 Å². The molecule has 1 aliphatic heterocycles. The van der Waals surface area contributed by atoms with E-state index in [1.54, 1.807) is 0 Å². The summed E-state index contributed by atoms with van der Waals surface area (Å²) in [7, 11) is 0. The average Bonchev–Trinajstić information content (AvgIpc) is 2.06. The van der Waals surface area contributed by atoms with Gasteiger partial charge in [-0.2, -0.15) is 13.8 Å². The molecule has 2 heteroatoms. The third-order valence-corrected chi connectivity index (χ3v) is 2.55. The van der Waals surface area contributed by atoms with Gasteiger partial charge in [-0.15, -0.1) is 12.6 Å². The molecule has 83 valence electrons. The molecule has 1 aliphatic rings. The maximum Gasteiger partial charge on any atom is 0 e. The number of nitrogens with zero attached hydrogens (tertiary/aromatic N) is 1.